The molecule has 0 saturated heterocycles. The molecule has 0 radical (unpaired) electrons. The Hall–Kier alpha value is -2.19. The van der Waals surface area contributed by atoms with Crippen molar-refractivity contribution in [1.82, 2.24) is 4.72 Å². The molecule has 0 atom stereocenters. The Kier molecular flexibility index (Phi) is 3.86. The molecule has 0 aliphatic carbocycles. The highest BCUT2D eigenvalue weighted by Crippen LogP contribution is 2.14. The predicted molar refractivity (Wildman–Crippen MR) is 66.1 cm³/mol. The SMILES string of the molecule is O=C(O)c1ccc(S(=O)(=O)NCc2cccc(F)c2)o1. The first-order valence-electron chi connectivity index (χ1n) is 5.46. The molecule has 8 heteroatoms. The fraction of sp³-hybridized carbons (Fsp3) is 0.0833. The van der Waals surface area contributed by atoms with Crippen LogP contribution in [-0.2, 0) is 16.6 Å². The molecule has 0 unspecified atom stereocenters. The van der Waals surface area contributed by atoms with Crippen molar-refractivity contribution in [3.63, 3.8) is 0 Å². The van der Waals surface area contributed by atoms with Gasteiger partial charge in [-0.05, 0) is 29.8 Å². The summed E-state index contributed by atoms with van der Waals surface area (Å²) < 4.78 is 43.5. The molecule has 1 aromatic heterocycles. The first-order valence-corrected chi connectivity index (χ1v) is 6.94. The van der Waals surface area contributed by atoms with E-state index in [1.807, 2.05) is 0 Å². The van der Waals surface area contributed by atoms with Crippen LogP contribution in [0.25, 0.3) is 0 Å². The van der Waals surface area contributed by atoms with E-state index in [9.17, 15) is 17.6 Å². The van der Waals surface area contributed by atoms with Gasteiger partial charge >= 0.3 is 5.97 Å². The van der Waals surface area contributed by atoms with E-state index in [0.717, 1.165) is 12.1 Å². The second kappa shape index (κ2) is 5.43. The van der Waals surface area contributed by atoms with Gasteiger partial charge in [0.25, 0.3) is 10.0 Å². The Morgan fingerprint density at radius 1 is 1.30 bits per heavy atom. The van der Waals surface area contributed by atoms with Gasteiger partial charge in [-0.2, -0.15) is 0 Å². The second-order valence-corrected chi connectivity index (χ2v) is 5.58. The Bertz CT molecular complexity index is 738. The van der Waals surface area contributed by atoms with Crippen molar-refractivity contribution in [2.45, 2.75) is 11.6 Å². The van der Waals surface area contributed by atoms with Gasteiger partial charge in [0.1, 0.15) is 5.82 Å². The molecule has 2 N–H and O–H groups in total. The Morgan fingerprint density at radius 3 is 2.65 bits per heavy atom. The summed E-state index contributed by atoms with van der Waals surface area (Å²) in [7, 11) is -3.99. The number of nitrogens with one attached hydrogen (secondary N) is 1. The van der Waals surface area contributed by atoms with Crippen molar-refractivity contribution >= 4 is 16.0 Å². The van der Waals surface area contributed by atoms with Crippen molar-refractivity contribution in [1.29, 1.82) is 0 Å². The van der Waals surface area contributed by atoms with Gasteiger partial charge in [0.15, 0.2) is 0 Å². The maximum absolute atomic E-state index is 12.9. The van der Waals surface area contributed by atoms with Crippen LogP contribution < -0.4 is 4.72 Å². The normalized spacial score (nSPS) is 11.4. The van der Waals surface area contributed by atoms with E-state index in [1.165, 1.54) is 18.2 Å². The lowest BCUT2D eigenvalue weighted by Gasteiger charge is -2.04. The Labute approximate surface area is 113 Å². The number of rotatable bonds is 5. The number of carboxylic acids is 1. The minimum atomic E-state index is -3.99. The topological polar surface area (TPSA) is 96.6 Å². The van der Waals surface area contributed by atoms with Crippen LogP contribution in [0.15, 0.2) is 45.9 Å². The van der Waals surface area contributed by atoms with Gasteiger partial charge in [0, 0.05) is 6.54 Å². The maximum atomic E-state index is 12.9. The molecule has 1 heterocycles. The highest BCUT2D eigenvalue weighted by atomic mass is 32.2. The van der Waals surface area contributed by atoms with Crippen LogP contribution in [-0.4, -0.2) is 19.5 Å². The van der Waals surface area contributed by atoms with Crippen LogP contribution in [0.5, 0.6) is 0 Å². The third-order valence-corrected chi connectivity index (χ3v) is 3.69. The number of carbonyl (C=O) groups is 1. The van der Waals surface area contributed by atoms with Crippen LogP contribution in [0.3, 0.4) is 0 Å². The fourth-order valence-corrected chi connectivity index (χ4v) is 2.42. The fourth-order valence-electron chi connectivity index (χ4n) is 1.48. The third kappa shape index (κ3) is 3.22. The number of sulfonamides is 1. The molecule has 1 aromatic carbocycles. The van der Waals surface area contributed by atoms with Gasteiger partial charge in [-0.3, -0.25) is 0 Å². The standard InChI is InChI=1S/C12H10FNO5S/c13-9-3-1-2-8(6-9)7-14-20(17,18)11-5-4-10(19-11)12(15)16/h1-6,14H,7H2,(H,15,16). The highest BCUT2D eigenvalue weighted by molar-refractivity contribution is 7.89. The van der Waals surface area contributed by atoms with E-state index in [1.54, 1.807) is 6.07 Å². The number of furan rings is 1. The zero-order valence-electron chi connectivity index (χ0n) is 10.0. The monoisotopic (exact) mass is 299 g/mol. The van der Waals surface area contributed by atoms with Crippen molar-refractivity contribution in [2.24, 2.45) is 0 Å². The lowest BCUT2D eigenvalue weighted by Crippen LogP contribution is -2.22. The summed E-state index contributed by atoms with van der Waals surface area (Å²) in [5, 5.41) is 8.14. The predicted octanol–water partition coefficient (Wildman–Crippen LogP) is 1.60. The molecule has 20 heavy (non-hydrogen) atoms. The molecule has 2 rings (SSSR count). The molecular formula is C12H10FNO5S. The average Bonchev–Trinajstić information content (AvgIpc) is 2.87. The van der Waals surface area contributed by atoms with Gasteiger partial charge in [0.2, 0.25) is 10.9 Å². The smallest absolute Gasteiger partial charge is 0.371 e. The lowest BCUT2D eigenvalue weighted by atomic mass is 10.2. The first-order chi connectivity index (χ1) is 9.38. The molecule has 2 aromatic rings. The number of halogens is 1. The summed E-state index contributed by atoms with van der Waals surface area (Å²) >= 11 is 0. The van der Waals surface area contributed by atoms with E-state index in [2.05, 4.69) is 4.72 Å². The second-order valence-electron chi connectivity index (χ2n) is 3.88. The van der Waals surface area contributed by atoms with Crippen molar-refractivity contribution < 1.29 is 27.1 Å². The number of hydrogen-bond donors (Lipinski definition) is 2. The molecule has 0 fully saturated rings. The highest BCUT2D eigenvalue weighted by Gasteiger charge is 2.20. The Balaban J connectivity index is 2.12. The van der Waals surface area contributed by atoms with E-state index in [4.69, 9.17) is 9.52 Å². The molecule has 0 amide bonds. The molecule has 0 aliphatic rings. The van der Waals surface area contributed by atoms with Crippen LogP contribution in [0, 0.1) is 5.82 Å². The summed E-state index contributed by atoms with van der Waals surface area (Å²) in [5.74, 6) is -2.32. The van der Waals surface area contributed by atoms with Crippen molar-refractivity contribution in [3.8, 4) is 0 Å². The van der Waals surface area contributed by atoms with Gasteiger partial charge < -0.3 is 9.52 Å². The molecular weight excluding hydrogens is 289 g/mol. The molecule has 6 nitrogen and oxygen atoms in total. The van der Waals surface area contributed by atoms with Gasteiger partial charge in [-0.25, -0.2) is 22.3 Å². The van der Waals surface area contributed by atoms with Crippen molar-refractivity contribution in [3.05, 3.63) is 53.5 Å². The van der Waals surface area contributed by atoms with E-state index in [0.29, 0.717) is 5.56 Å². The van der Waals surface area contributed by atoms with Crippen LogP contribution in [0.1, 0.15) is 16.1 Å². The summed E-state index contributed by atoms with van der Waals surface area (Å²) in [6, 6.07) is 7.51. The molecule has 0 saturated carbocycles. The zero-order valence-corrected chi connectivity index (χ0v) is 10.9. The number of benzene rings is 1. The minimum Gasteiger partial charge on any atom is -0.475 e. The Morgan fingerprint density at radius 2 is 2.05 bits per heavy atom. The van der Waals surface area contributed by atoms with E-state index in [-0.39, 0.29) is 6.54 Å². The average molecular weight is 299 g/mol. The summed E-state index contributed by atoms with van der Waals surface area (Å²) in [4.78, 5) is 10.6. The maximum Gasteiger partial charge on any atom is 0.371 e. The van der Waals surface area contributed by atoms with Crippen molar-refractivity contribution in [2.75, 3.05) is 0 Å². The molecule has 0 bridgehead atoms. The van der Waals surface area contributed by atoms with Gasteiger partial charge in [0.05, 0.1) is 0 Å². The largest absolute Gasteiger partial charge is 0.475 e. The summed E-state index contributed by atoms with van der Waals surface area (Å²) in [6.45, 7) is -0.136. The number of aromatic carboxylic acids is 1. The molecule has 0 aliphatic heterocycles. The zero-order chi connectivity index (χ0) is 14.8. The van der Waals surface area contributed by atoms with Crippen LogP contribution >= 0.6 is 0 Å². The van der Waals surface area contributed by atoms with Crippen LogP contribution in [0.2, 0.25) is 0 Å². The quantitative estimate of drug-likeness (QED) is 0.874. The lowest BCUT2D eigenvalue weighted by molar-refractivity contribution is 0.0656. The van der Waals surface area contributed by atoms with E-state index >= 15 is 0 Å². The van der Waals surface area contributed by atoms with Crippen LogP contribution in [0.4, 0.5) is 4.39 Å². The van der Waals surface area contributed by atoms with E-state index < -0.39 is 32.7 Å². The molecule has 106 valence electrons. The van der Waals surface area contributed by atoms with Gasteiger partial charge in [-0.1, -0.05) is 12.1 Å². The minimum absolute atomic E-state index is 0.136. The number of hydrogen-bond acceptors (Lipinski definition) is 4. The number of carboxylic acid groups (broad SMARTS) is 1. The third-order valence-electron chi connectivity index (χ3n) is 2.41. The van der Waals surface area contributed by atoms with Gasteiger partial charge in [-0.15, -0.1) is 0 Å². The molecule has 0 spiro atoms. The summed E-state index contributed by atoms with van der Waals surface area (Å²) in [5.41, 5.74) is 0.429. The first kappa shape index (κ1) is 14.2. The summed E-state index contributed by atoms with van der Waals surface area (Å²) in [6.07, 6.45) is 0.